The zero-order valence-electron chi connectivity index (χ0n) is 18.2. The average Bonchev–Trinajstić information content (AvgIpc) is 2.80. The number of halogens is 1. The molecule has 0 saturated carbocycles. The fourth-order valence-corrected chi connectivity index (χ4v) is 6.53. The molecule has 2 saturated heterocycles. The number of piperazine rings is 1. The quantitative estimate of drug-likeness (QED) is 0.587. The van der Waals surface area contributed by atoms with Crippen LogP contribution < -0.4 is 0 Å². The molecule has 0 N–H and O–H groups in total. The van der Waals surface area contributed by atoms with Crippen molar-refractivity contribution in [1.82, 2.24) is 14.1 Å². The van der Waals surface area contributed by atoms with E-state index in [9.17, 15) is 13.2 Å². The van der Waals surface area contributed by atoms with Crippen LogP contribution in [0.3, 0.4) is 0 Å². The third kappa shape index (κ3) is 5.98. The number of nitrogens with zero attached hydrogens (tertiary/aromatic N) is 3. The van der Waals surface area contributed by atoms with Crippen LogP contribution in [-0.2, 0) is 27.1 Å². The smallest absolute Gasteiger partial charge is 0.225 e. The first-order chi connectivity index (χ1) is 15.4. The van der Waals surface area contributed by atoms with Gasteiger partial charge >= 0.3 is 0 Å². The van der Waals surface area contributed by atoms with Gasteiger partial charge in [-0.3, -0.25) is 9.69 Å². The van der Waals surface area contributed by atoms with Crippen molar-refractivity contribution in [2.24, 2.45) is 5.92 Å². The number of sulfonamides is 1. The van der Waals surface area contributed by atoms with Gasteiger partial charge in [0.15, 0.2) is 0 Å². The summed E-state index contributed by atoms with van der Waals surface area (Å²) < 4.78 is 28.1. The Morgan fingerprint density at radius 1 is 0.875 bits per heavy atom. The van der Waals surface area contributed by atoms with Crippen LogP contribution in [0.1, 0.15) is 24.0 Å². The topological polar surface area (TPSA) is 60.9 Å². The molecule has 0 aromatic heterocycles. The van der Waals surface area contributed by atoms with E-state index in [2.05, 4.69) is 45.1 Å². The molecule has 0 unspecified atom stereocenters. The van der Waals surface area contributed by atoms with E-state index in [-0.39, 0.29) is 17.6 Å². The molecule has 6 nitrogen and oxygen atoms in total. The molecule has 2 fully saturated rings. The van der Waals surface area contributed by atoms with Crippen molar-refractivity contribution < 1.29 is 13.2 Å². The van der Waals surface area contributed by atoms with Crippen LogP contribution in [0, 0.1) is 5.92 Å². The average molecular weight is 520 g/mol. The molecule has 2 aromatic rings. The largest absolute Gasteiger partial charge is 0.340 e. The van der Waals surface area contributed by atoms with Crippen molar-refractivity contribution in [3.05, 3.63) is 70.2 Å². The van der Waals surface area contributed by atoms with Crippen molar-refractivity contribution in [3.8, 4) is 0 Å². The Morgan fingerprint density at radius 2 is 1.53 bits per heavy atom. The summed E-state index contributed by atoms with van der Waals surface area (Å²) in [7, 11) is -3.38. The highest BCUT2D eigenvalue weighted by Crippen LogP contribution is 2.24. The van der Waals surface area contributed by atoms with E-state index in [4.69, 9.17) is 0 Å². The lowest BCUT2D eigenvalue weighted by Gasteiger charge is -2.38. The molecule has 2 aromatic carbocycles. The molecule has 2 aliphatic heterocycles. The number of hydrogen-bond donors (Lipinski definition) is 0. The summed E-state index contributed by atoms with van der Waals surface area (Å²) in [6.07, 6.45) is 1.20. The number of carbonyl (C=O) groups is 1. The first kappa shape index (κ1) is 23.4. The van der Waals surface area contributed by atoms with Crippen LogP contribution in [0.5, 0.6) is 0 Å². The molecular weight excluding hydrogens is 490 g/mol. The van der Waals surface area contributed by atoms with Crippen LogP contribution >= 0.6 is 15.9 Å². The van der Waals surface area contributed by atoms with E-state index >= 15 is 0 Å². The Morgan fingerprint density at radius 3 is 2.19 bits per heavy atom. The number of amides is 1. The molecule has 0 spiro atoms. The van der Waals surface area contributed by atoms with Crippen LogP contribution in [0.4, 0.5) is 0 Å². The van der Waals surface area contributed by atoms with Crippen molar-refractivity contribution in [3.63, 3.8) is 0 Å². The molecule has 0 aliphatic carbocycles. The highest BCUT2D eigenvalue weighted by molar-refractivity contribution is 9.10. The van der Waals surface area contributed by atoms with Crippen LogP contribution in [0.15, 0.2) is 59.1 Å². The van der Waals surface area contributed by atoms with Gasteiger partial charge in [-0.2, -0.15) is 0 Å². The minimum atomic E-state index is -3.38. The summed E-state index contributed by atoms with van der Waals surface area (Å²) in [5.41, 5.74) is 2.06. The summed E-state index contributed by atoms with van der Waals surface area (Å²) >= 11 is 3.39. The van der Waals surface area contributed by atoms with Crippen molar-refractivity contribution >= 4 is 31.9 Å². The third-order valence-corrected chi connectivity index (χ3v) is 8.71. The monoisotopic (exact) mass is 519 g/mol. The maximum atomic E-state index is 13.0. The molecule has 8 heteroatoms. The van der Waals surface area contributed by atoms with Gasteiger partial charge in [0.1, 0.15) is 0 Å². The predicted molar refractivity (Wildman–Crippen MR) is 129 cm³/mol. The first-order valence-electron chi connectivity index (χ1n) is 11.2. The Hall–Kier alpha value is -1.74. The molecule has 1 amide bonds. The van der Waals surface area contributed by atoms with E-state index in [0.29, 0.717) is 25.9 Å². The van der Waals surface area contributed by atoms with E-state index < -0.39 is 10.0 Å². The summed E-state index contributed by atoms with van der Waals surface area (Å²) in [6.45, 7) is 4.99. The van der Waals surface area contributed by atoms with Crippen molar-refractivity contribution in [2.75, 3.05) is 39.3 Å². The Bertz CT molecular complexity index is 1020. The lowest BCUT2D eigenvalue weighted by molar-refractivity contribution is -0.138. The predicted octanol–water partition coefficient (Wildman–Crippen LogP) is 3.34. The minimum absolute atomic E-state index is 0.00553. The van der Waals surface area contributed by atoms with Gasteiger partial charge < -0.3 is 4.90 Å². The second-order valence-electron chi connectivity index (χ2n) is 8.65. The zero-order chi connectivity index (χ0) is 22.6. The van der Waals surface area contributed by atoms with Gasteiger partial charge in [-0.15, -0.1) is 0 Å². The van der Waals surface area contributed by atoms with Crippen molar-refractivity contribution in [2.45, 2.75) is 25.1 Å². The Kier molecular flexibility index (Phi) is 7.66. The lowest BCUT2D eigenvalue weighted by atomic mass is 9.96. The molecule has 172 valence electrons. The summed E-state index contributed by atoms with van der Waals surface area (Å²) in [5.74, 6) is 0.107. The molecule has 2 heterocycles. The molecule has 4 rings (SSSR count). The fourth-order valence-electron chi connectivity index (χ4n) is 4.54. The maximum Gasteiger partial charge on any atom is 0.225 e. The van der Waals surface area contributed by atoms with E-state index in [1.165, 1.54) is 5.56 Å². The highest BCUT2D eigenvalue weighted by Gasteiger charge is 2.34. The lowest BCUT2D eigenvalue weighted by Crippen LogP contribution is -2.51. The standard InChI is InChI=1S/C24H30BrN3O3S/c25-23-8-4-7-21(17-23)19-32(30,31)28-11-9-22(10-12-28)24(29)27-15-13-26(14-16-27)18-20-5-2-1-3-6-20/h1-8,17,22H,9-16,18-19H2. The van der Waals surface area contributed by atoms with Gasteiger partial charge in [0.05, 0.1) is 5.75 Å². The molecular formula is C24H30BrN3O3S. The Labute approximate surface area is 199 Å². The number of rotatable bonds is 6. The van der Waals surface area contributed by atoms with Gasteiger partial charge in [0.25, 0.3) is 0 Å². The molecule has 32 heavy (non-hydrogen) atoms. The summed E-state index contributed by atoms with van der Waals surface area (Å²) in [5, 5.41) is 0. The number of hydrogen-bond acceptors (Lipinski definition) is 4. The molecule has 2 aliphatic rings. The highest BCUT2D eigenvalue weighted by atomic mass is 79.9. The Balaban J connectivity index is 1.25. The molecule has 0 bridgehead atoms. The maximum absolute atomic E-state index is 13.0. The molecule has 0 radical (unpaired) electrons. The summed E-state index contributed by atoms with van der Waals surface area (Å²) in [4.78, 5) is 17.4. The first-order valence-corrected chi connectivity index (χ1v) is 13.6. The zero-order valence-corrected chi connectivity index (χ0v) is 20.6. The van der Waals surface area contributed by atoms with Gasteiger partial charge in [0, 0.05) is 56.2 Å². The second-order valence-corrected chi connectivity index (χ2v) is 11.5. The number of piperidine rings is 1. The van der Waals surface area contributed by atoms with Crippen LogP contribution in [0.25, 0.3) is 0 Å². The van der Waals surface area contributed by atoms with E-state index in [1.807, 2.05) is 35.2 Å². The van der Waals surface area contributed by atoms with Crippen LogP contribution in [-0.4, -0.2) is 67.7 Å². The van der Waals surface area contributed by atoms with Gasteiger partial charge in [0.2, 0.25) is 15.9 Å². The third-order valence-electron chi connectivity index (χ3n) is 6.37. The normalized spacial score (nSPS) is 19.2. The van der Waals surface area contributed by atoms with Gasteiger partial charge in [-0.1, -0.05) is 58.4 Å². The molecule has 0 atom stereocenters. The van der Waals surface area contributed by atoms with Gasteiger partial charge in [-0.05, 0) is 36.1 Å². The minimum Gasteiger partial charge on any atom is -0.340 e. The number of carbonyl (C=O) groups excluding carboxylic acids is 1. The van der Waals surface area contributed by atoms with E-state index in [1.54, 1.807) is 4.31 Å². The summed E-state index contributed by atoms with van der Waals surface area (Å²) in [6, 6.07) is 17.8. The fraction of sp³-hybridized carbons (Fsp3) is 0.458. The number of benzene rings is 2. The van der Waals surface area contributed by atoms with Crippen LogP contribution in [0.2, 0.25) is 0 Å². The van der Waals surface area contributed by atoms with Gasteiger partial charge in [-0.25, -0.2) is 12.7 Å². The second kappa shape index (κ2) is 10.5. The SMILES string of the molecule is O=C(C1CCN(S(=O)(=O)Cc2cccc(Br)c2)CC1)N1CCN(Cc2ccccc2)CC1. The van der Waals surface area contributed by atoms with Crippen molar-refractivity contribution in [1.29, 1.82) is 0 Å². The van der Waals surface area contributed by atoms with E-state index in [0.717, 1.165) is 42.8 Å².